The van der Waals surface area contributed by atoms with Crippen LogP contribution in [0.4, 0.5) is 0 Å². The third kappa shape index (κ3) is 3.85. The Hall–Kier alpha value is -1.52. The topological polar surface area (TPSA) is 20.6 Å². The lowest BCUT2D eigenvalue weighted by molar-refractivity contribution is 0.0486. The van der Waals surface area contributed by atoms with Crippen LogP contribution in [-0.4, -0.2) is 60.2 Å². The van der Waals surface area contributed by atoms with E-state index in [9.17, 15) is 0 Å². The largest absolute Gasteiger partial charge is 0.497 e. The average Bonchev–Trinajstić information content (AvgIpc) is 3.07. The minimum absolute atomic E-state index is 0.839. The van der Waals surface area contributed by atoms with Crippen molar-refractivity contribution in [2.24, 2.45) is 0 Å². The molecule has 0 spiro atoms. The van der Waals surface area contributed by atoms with Gasteiger partial charge in [-0.2, -0.15) is 0 Å². The second-order valence-corrected chi connectivity index (χ2v) is 7.63. The van der Waals surface area contributed by atoms with Gasteiger partial charge in [-0.25, -0.2) is 0 Å². The molecule has 1 aromatic carbocycles. The van der Waals surface area contributed by atoms with Crippen molar-refractivity contribution in [1.29, 1.82) is 0 Å². The van der Waals surface area contributed by atoms with Crippen LogP contribution in [0.1, 0.15) is 32.1 Å². The van der Waals surface area contributed by atoms with Crippen LogP contribution in [-0.2, 0) is 6.54 Å². The third-order valence-corrected chi connectivity index (χ3v) is 6.02. The number of nitrogens with zero attached hydrogens (tertiary/aromatic N) is 3. The van der Waals surface area contributed by atoms with Crippen molar-refractivity contribution in [3.63, 3.8) is 0 Å². The summed E-state index contributed by atoms with van der Waals surface area (Å²) in [5, 5.41) is 1.27. The van der Waals surface area contributed by atoms with Crippen LogP contribution in [0.15, 0.2) is 30.5 Å². The quantitative estimate of drug-likeness (QED) is 0.749. The van der Waals surface area contributed by atoms with Gasteiger partial charge in [-0.1, -0.05) is 6.42 Å². The van der Waals surface area contributed by atoms with Gasteiger partial charge in [0.1, 0.15) is 5.75 Å². The van der Waals surface area contributed by atoms with Crippen molar-refractivity contribution in [3.05, 3.63) is 30.5 Å². The van der Waals surface area contributed by atoms with E-state index in [1.165, 1.54) is 75.7 Å². The molecule has 1 unspecified atom stereocenters. The summed E-state index contributed by atoms with van der Waals surface area (Å²) in [5.41, 5.74) is 1.32. The second-order valence-electron chi connectivity index (χ2n) is 7.63. The Kier molecular flexibility index (Phi) is 5.28. The molecule has 1 atom stereocenters. The SMILES string of the molecule is COc1ccc2c(ccn2CCCCN2CCN3CCCCC3C2)c1. The van der Waals surface area contributed by atoms with E-state index in [0.29, 0.717) is 0 Å². The number of methoxy groups -OCH3 is 1. The van der Waals surface area contributed by atoms with Crippen molar-refractivity contribution in [2.75, 3.05) is 39.8 Å². The number of piperidine rings is 1. The van der Waals surface area contributed by atoms with Crippen molar-refractivity contribution < 1.29 is 4.74 Å². The Balaban J connectivity index is 1.24. The molecular formula is C21H31N3O. The molecular weight excluding hydrogens is 310 g/mol. The van der Waals surface area contributed by atoms with E-state index in [1.54, 1.807) is 7.11 Å². The molecule has 2 aliphatic heterocycles. The van der Waals surface area contributed by atoms with E-state index in [1.807, 2.05) is 0 Å². The number of fused-ring (bicyclic) bond motifs is 2. The summed E-state index contributed by atoms with van der Waals surface area (Å²) < 4.78 is 7.70. The molecule has 2 aromatic rings. The molecule has 4 rings (SSSR count). The standard InChI is InChI=1S/C21H31N3O/c1-25-20-7-8-21-18(16-20)9-13-24(21)12-5-4-10-22-14-15-23-11-3-2-6-19(23)17-22/h7-9,13,16,19H,2-6,10-12,14-15,17H2,1H3. The fourth-order valence-electron chi connectivity index (χ4n) is 4.54. The maximum absolute atomic E-state index is 5.32. The number of benzene rings is 1. The summed E-state index contributed by atoms with van der Waals surface area (Å²) in [5.74, 6) is 0.937. The fourth-order valence-corrected chi connectivity index (χ4v) is 4.54. The molecule has 136 valence electrons. The Morgan fingerprint density at radius 2 is 1.96 bits per heavy atom. The van der Waals surface area contributed by atoms with Gasteiger partial charge in [0.15, 0.2) is 0 Å². The Morgan fingerprint density at radius 1 is 1.04 bits per heavy atom. The predicted octanol–water partition coefficient (Wildman–Crippen LogP) is 3.60. The average molecular weight is 341 g/mol. The smallest absolute Gasteiger partial charge is 0.119 e. The Bertz CT molecular complexity index is 696. The van der Waals surface area contributed by atoms with Crippen LogP contribution in [0.3, 0.4) is 0 Å². The maximum Gasteiger partial charge on any atom is 0.119 e. The van der Waals surface area contributed by atoms with Crippen LogP contribution in [0.2, 0.25) is 0 Å². The number of aryl methyl sites for hydroxylation is 1. The number of aromatic nitrogens is 1. The highest BCUT2D eigenvalue weighted by atomic mass is 16.5. The van der Waals surface area contributed by atoms with Crippen molar-refractivity contribution in [2.45, 2.75) is 44.7 Å². The number of hydrogen-bond acceptors (Lipinski definition) is 3. The van der Waals surface area contributed by atoms with Crippen LogP contribution in [0.5, 0.6) is 5.75 Å². The highest BCUT2D eigenvalue weighted by Crippen LogP contribution is 2.23. The monoisotopic (exact) mass is 341 g/mol. The molecule has 4 nitrogen and oxygen atoms in total. The summed E-state index contributed by atoms with van der Waals surface area (Å²) in [7, 11) is 1.73. The van der Waals surface area contributed by atoms with E-state index in [0.717, 1.165) is 18.3 Å². The van der Waals surface area contributed by atoms with Gasteiger partial charge in [-0.3, -0.25) is 4.90 Å². The van der Waals surface area contributed by atoms with Gasteiger partial charge in [0, 0.05) is 49.3 Å². The molecule has 2 aliphatic rings. The van der Waals surface area contributed by atoms with E-state index < -0.39 is 0 Å². The van der Waals surface area contributed by atoms with E-state index >= 15 is 0 Å². The summed E-state index contributed by atoms with van der Waals surface area (Å²) in [6, 6.07) is 9.39. The lowest BCUT2D eigenvalue weighted by Crippen LogP contribution is -2.54. The molecule has 0 aliphatic carbocycles. The van der Waals surface area contributed by atoms with Crippen LogP contribution >= 0.6 is 0 Å². The lowest BCUT2D eigenvalue weighted by atomic mass is 9.99. The predicted molar refractivity (Wildman–Crippen MR) is 103 cm³/mol. The van der Waals surface area contributed by atoms with Gasteiger partial charge in [0.25, 0.3) is 0 Å². The molecule has 2 saturated heterocycles. The van der Waals surface area contributed by atoms with Gasteiger partial charge in [-0.15, -0.1) is 0 Å². The first-order valence-corrected chi connectivity index (χ1v) is 9.93. The van der Waals surface area contributed by atoms with Crippen LogP contribution < -0.4 is 4.74 Å². The summed E-state index contributed by atoms with van der Waals surface area (Å²) in [6.07, 6.45) is 9.01. The summed E-state index contributed by atoms with van der Waals surface area (Å²) >= 11 is 0. The minimum Gasteiger partial charge on any atom is -0.497 e. The zero-order valence-electron chi connectivity index (χ0n) is 15.5. The molecule has 25 heavy (non-hydrogen) atoms. The molecule has 2 fully saturated rings. The van der Waals surface area contributed by atoms with Crippen LogP contribution in [0, 0.1) is 0 Å². The molecule has 1 aromatic heterocycles. The zero-order valence-corrected chi connectivity index (χ0v) is 15.5. The molecule has 0 saturated carbocycles. The van der Waals surface area contributed by atoms with Gasteiger partial charge in [-0.05, 0) is 63.0 Å². The maximum atomic E-state index is 5.32. The number of ether oxygens (including phenoxy) is 1. The highest BCUT2D eigenvalue weighted by Gasteiger charge is 2.28. The number of unbranched alkanes of at least 4 members (excludes halogenated alkanes) is 1. The molecule has 0 amide bonds. The normalized spacial score (nSPS) is 22.2. The first-order chi connectivity index (χ1) is 12.3. The summed E-state index contributed by atoms with van der Waals surface area (Å²) in [4.78, 5) is 5.42. The van der Waals surface area contributed by atoms with E-state index in [2.05, 4.69) is 44.8 Å². The lowest BCUT2D eigenvalue weighted by Gasteiger charge is -2.44. The first kappa shape index (κ1) is 16.9. The minimum atomic E-state index is 0.839. The zero-order chi connectivity index (χ0) is 17.1. The van der Waals surface area contributed by atoms with Crippen molar-refractivity contribution >= 4 is 10.9 Å². The van der Waals surface area contributed by atoms with Gasteiger partial charge in [0.2, 0.25) is 0 Å². The molecule has 4 heteroatoms. The Labute approximate surface area is 151 Å². The van der Waals surface area contributed by atoms with Gasteiger partial charge >= 0.3 is 0 Å². The number of rotatable bonds is 6. The molecule has 0 bridgehead atoms. The van der Waals surface area contributed by atoms with E-state index in [-0.39, 0.29) is 0 Å². The van der Waals surface area contributed by atoms with Crippen LogP contribution in [0.25, 0.3) is 10.9 Å². The number of piperazine rings is 1. The molecule has 0 N–H and O–H groups in total. The highest BCUT2D eigenvalue weighted by molar-refractivity contribution is 5.81. The second kappa shape index (κ2) is 7.79. The number of hydrogen-bond donors (Lipinski definition) is 0. The molecule has 3 heterocycles. The van der Waals surface area contributed by atoms with Crippen molar-refractivity contribution in [1.82, 2.24) is 14.4 Å². The van der Waals surface area contributed by atoms with Crippen molar-refractivity contribution in [3.8, 4) is 5.75 Å². The third-order valence-electron chi connectivity index (χ3n) is 6.02. The van der Waals surface area contributed by atoms with E-state index in [4.69, 9.17) is 4.74 Å². The van der Waals surface area contributed by atoms with Gasteiger partial charge in [0.05, 0.1) is 7.11 Å². The first-order valence-electron chi connectivity index (χ1n) is 9.93. The Morgan fingerprint density at radius 3 is 2.88 bits per heavy atom. The summed E-state index contributed by atoms with van der Waals surface area (Å²) in [6.45, 7) is 7.56. The van der Waals surface area contributed by atoms with Gasteiger partial charge < -0.3 is 14.2 Å². The fraction of sp³-hybridized carbons (Fsp3) is 0.619. The molecule has 0 radical (unpaired) electrons.